The van der Waals surface area contributed by atoms with Crippen LogP contribution >= 0.6 is 34.4 Å². The number of amides is 2. The molecule has 0 bridgehead atoms. The van der Waals surface area contributed by atoms with Crippen molar-refractivity contribution in [3.05, 3.63) is 87.5 Å². The standard InChI is InChI=1S/C24H17IN2O4S/c25-14-5-9-16(10-6-14)27-21(28)13-20(23(27)29)32-17-11-7-15(8-12-17)26-22-18-3-1-2-4-19(18)24(30)31-22/h1-12,20,22,26H,13H2. The third kappa shape index (κ3) is 4.00. The Morgan fingerprint density at radius 2 is 1.66 bits per heavy atom. The van der Waals surface area contributed by atoms with Crippen LogP contribution in [-0.4, -0.2) is 23.0 Å². The fourth-order valence-electron chi connectivity index (χ4n) is 3.76. The Morgan fingerprint density at radius 3 is 2.41 bits per heavy atom. The smallest absolute Gasteiger partial charge is 0.340 e. The zero-order valence-corrected chi connectivity index (χ0v) is 19.6. The van der Waals surface area contributed by atoms with E-state index < -0.39 is 11.5 Å². The molecule has 1 saturated heterocycles. The molecule has 1 fully saturated rings. The minimum Gasteiger partial charge on any atom is -0.434 e. The molecule has 3 aromatic carbocycles. The van der Waals surface area contributed by atoms with Crippen LogP contribution in [0.1, 0.15) is 28.6 Å². The summed E-state index contributed by atoms with van der Waals surface area (Å²) in [5.74, 6) is -0.723. The van der Waals surface area contributed by atoms with Gasteiger partial charge >= 0.3 is 5.97 Å². The number of thioether (sulfide) groups is 1. The number of carbonyl (C=O) groups is 3. The lowest BCUT2D eigenvalue weighted by Crippen LogP contribution is -2.31. The highest BCUT2D eigenvalue weighted by molar-refractivity contribution is 14.1. The van der Waals surface area contributed by atoms with E-state index in [0.717, 1.165) is 19.7 Å². The number of hydrogen-bond acceptors (Lipinski definition) is 6. The van der Waals surface area contributed by atoms with Crippen LogP contribution in [0.4, 0.5) is 11.4 Å². The van der Waals surface area contributed by atoms with Crippen molar-refractivity contribution in [1.29, 1.82) is 0 Å². The number of benzene rings is 3. The summed E-state index contributed by atoms with van der Waals surface area (Å²) < 4.78 is 6.46. The topological polar surface area (TPSA) is 75.7 Å². The highest BCUT2D eigenvalue weighted by atomic mass is 127. The third-order valence-corrected chi connectivity index (χ3v) is 7.22. The van der Waals surface area contributed by atoms with Crippen LogP contribution in [0.3, 0.4) is 0 Å². The Labute approximate surface area is 202 Å². The molecule has 32 heavy (non-hydrogen) atoms. The van der Waals surface area contributed by atoms with Crippen LogP contribution in [0.25, 0.3) is 0 Å². The van der Waals surface area contributed by atoms with E-state index in [2.05, 4.69) is 27.9 Å². The van der Waals surface area contributed by atoms with Gasteiger partial charge in [-0.15, -0.1) is 11.8 Å². The molecule has 0 aromatic heterocycles. The number of ether oxygens (including phenoxy) is 1. The Hall–Kier alpha value is -2.85. The van der Waals surface area contributed by atoms with Crippen LogP contribution in [0.15, 0.2) is 77.7 Å². The molecule has 3 aromatic rings. The average molecular weight is 556 g/mol. The quantitative estimate of drug-likeness (QED) is 0.271. The average Bonchev–Trinajstić information content (AvgIpc) is 3.26. The number of fused-ring (bicyclic) bond motifs is 1. The number of carbonyl (C=O) groups excluding carboxylic acids is 3. The summed E-state index contributed by atoms with van der Waals surface area (Å²) in [6.45, 7) is 0. The van der Waals surface area contributed by atoms with Gasteiger partial charge in [-0.25, -0.2) is 9.69 Å². The van der Waals surface area contributed by atoms with Crippen molar-refractivity contribution in [2.75, 3.05) is 10.2 Å². The summed E-state index contributed by atoms with van der Waals surface area (Å²) in [5, 5.41) is 2.76. The molecule has 2 aliphatic heterocycles. The molecular weight excluding hydrogens is 539 g/mol. The second-order valence-corrected chi connectivity index (χ2v) is 9.92. The molecule has 8 heteroatoms. The zero-order valence-electron chi connectivity index (χ0n) is 16.7. The SMILES string of the molecule is O=C1OC(Nc2ccc(SC3CC(=O)N(c4ccc(I)cc4)C3=O)cc2)c2ccccc21. The molecule has 160 valence electrons. The van der Waals surface area contributed by atoms with Crippen molar-refractivity contribution in [1.82, 2.24) is 0 Å². The van der Waals surface area contributed by atoms with Crippen LogP contribution < -0.4 is 10.2 Å². The molecule has 2 unspecified atom stereocenters. The Balaban J connectivity index is 1.25. The van der Waals surface area contributed by atoms with E-state index in [9.17, 15) is 14.4 Å². The first kappa shape index (κ1) is 21.0. The molecule has 0 spiro atoms. The maximum absolute atomic E-state index is 12.9. The Bertz CT molecular complexity index is 1210. The van der Waals surface area contributed by atoms with Gasteiger partial charge in [0.05, 0.1) is 16.5 Å². The van der Waals surface area contributed by atoms with Gasteiger partial charge in [-0.05, 0) is 77.2 Å². The van der Waals surface area contributed by atoms with E-state index >= 15 is 0 Å². The van der Waals surface area contributed by atoms with Gasteiger partial charge in [0.2, 0.25) is 18.0 Å². The van der Waals surface area contributed by atoms with Gasteiger partial charge in [-0.3, -0.25) is 9.59 Å². The van der Waals surface area contributed by atoms with Crippen LogP contribution in [-0.2, 0) is 14.3 Å². The number of nitrogens with one attached hydrogen (secondary N) is 1. The fourth-order valence-corrected chi connectivity index (χ4v) is 5.17. The van der Waals surface area contributed by atoms with Crippen molar-refractivity contribution in [3.8, 4) is 0 Å². The molecule has 2 aliphatic rings. The molecular formula is C24H17IN2O4S. The lowest BCUT2D eigenvalue weighted by atomic mass is 10.1. The van der Waals surface area contributed by atoms with Gasteiger partial charge in [-0.1, -0.05) is 18.2 Å². The normalized spacial score (nSPS) is 19.8. The van der Waals surface area contributed by atoms with E-state index in [0.29, 0.717) is 11.3 Å². The number of rotatable bonds is 5. The number of halogens is 1. The van der Waals surface area contributed by atoms with Crippen molar-refractivity contribution in [2.45, 2.75) is 22.8 Å². The van der Waals surface area contributed by atoms with Crippen LogP contribution in [0, 0.1) is 3.57 Å². The number of nitrogens with zero attached hydrogens (tertiary/aromatic N) is 1. The lowest BCUT2D eigenvalue weighted by molar-refractivity contribution is -0.121. The predicted molar refractivity (Wildman–Crippen MR) is 131 cm³/mol. The minimum atomic E-state index is -0.534. The molecule has 0 radical (unpaired) electrons. The zero-order chi connectivity index (χ0) is 22.2. The first-order chi connectivity index (χ1) is 15.5. The van der Waals surface area contributed by atoms with Crippen molar-refractivity contribution in [2.24, 2.45) is 0 Å². The van der Waals surface area contributed by atoms with E-state index in [1.165, 1.54) is 16.7 Å². The highest BCUT2D eigenvalue weighted by Crippen LogP contribution is 2.36. The van der Waals surface area contributed by atoms with E-state index in [4.69, 9.17) is 4.74 Å². The van der Waals surface area contributed by atoms with Crippen molar-refractivity contribution in [3.63, 3.8) is 0 Å². The number of anilines is 2. The summed E-state index contributed by atoms with van der Waals surface area (Å²) in [5.41, 5.74) is 2.77. The Morgan fingerprint density at radius 1 is 0.938 bits per heavy atom. The van der Waals surface area contributed by atoms with Gasteiger partial charge in [0.15, 0.2) is 0 Å². The van der Waals surface area contributed by atoms with E-state index in [1.54, 1.807) is 18.2 Å². The van der Waals surface area contributed by atoms with E-state index in [1.807, 2.05) is 54.6 Å². The number of imide groups is 1. The van der Waals surface area contributed by atoms with Crippen molar-refractivity contribution >= 4 is 63.5 Å². The largest absolute Gasteiger partial charge is 0.434 e. The summed E-state index contributed by atoms with van der Waals surface area (Å²) in [6.07, 6.45) is -0.363. The Kier molecular flexibility index (Phi) is 5.64. The molecule has 0 saturated carbocycles. The van der Waals surface area contributed by atoms with Crippen molar-refractivity contribution < 1.29 is 19.1 Å². The fraction of sp³-hybridized carbons (Fsp3) is 0.125. The molecule has 6 nitrogen and oxygen atoms in total. The number of cyclic esters (lactones) is 1. The van der Waals surface area contributed by atoms with Crippen LogP contribution in [0.2, 0.25) is 0 Å². The molecule has 1 N–H and O–H groups in total. The monoisotopic (exact) mass is 556 g/mol. The molecule has 0 aliphatic carbocycles. The van der Waals surface area contributed by atoms with Crippen LogP contribution in [0.5, 0.6) is 0 Å². The highest BCUT2D eigenvalue weighted by Gasteiger charge is 2.40. The second kappa shape index (κ2) is 8.59. The maximum Gasteiger partial charge on any atom is 0.340 e. The van der Waals surface area contributed by atoms with Gasteiger partial charge < -0.3 is 10.1 Å². The van der Waals surface area contributed by atoms with Gasteiger partial charge in [0, 0.05) is 26.1 Å². The van der Waals surface area contributed by atoms with Gasteiger partial charge in [-0.2, -0.15) is 0 Å². The third-order valence-electron chi connectivity index (χ3n) is 5.31. The minimum absolute atomic E-state index is 0.171. The summed E-state index contributed by atoms with van der Waals surface area (Å²) in [7, 11) is 0. The molecule has 2 atom stereocenters. The summed E-state index contributed by atoms with van der Waals surface area (Å²) >= 11 is 3.56. The predicted octanol–water partition coefficient (Wildman–Crippen LogP) is 5.00. The van der Waals surface area contributed by atoms with E-state index in [-0.39, 0.29) is 24.2 Å². The number of hydrogen-bond donors (Lipinski definition) is 1. The maximum atomic E-state index is 12.9. The summed E-state index contributed by atoms with van der Waals surface area (Å²) in [6, 6.07) is 22.1. The summed E-state index contributed by atoms with van der Waals surface area (Å²) in [4.78, 5) is 39.5. The first-order valence-corrected chi connectivity index (χ1v) is 11.9. The molecule has 2 heterocycles. The second-order valence-electron chi connectivity index (χ2n) is 7.40. The molecule has 2 amide bonds. The lowest BCUT2D eigenvalue weighted by Gasteiger charge is -2.16. The number of esters is 1. The van der Waals surface area contributed by atoms with Gasteiger partial charge in [0.25, 0.3) is 0 Å². The first-order valence-electron chi connectivity index (χ1n) is 9.95. The van der Waals surface area contributed by atoms with Gasteiger partial charge in [0.1, 0.15) is 0 Å². The molecule has 5 rings (SSSR count).